The van der Waals surface area contributed by atoms with Gasteiger partial charge in [0.1, 0.15) is 0 Å². The van der Waals surface area contributed by atoms with Crippen molar-refractivity contribution in [3.8, 4) is 0 Å². The Kier molecular flexibility index (Phi) is 6.09. The Morgan fingerprint density at radius 3 is 2.33 bits per heavy atom. The largest absolute Gasteiger partial charge is 0.393 e. The zero-order valence-corrected chi connectivity index (χ0v) is 8.59. The number of aliphatic hydroxyl groups excluding tert-OH is 1. The maximum atomic E-state index is 9.74. The minimum Gasteiger partial charge on any atom is -0.393 e. The van der Waals surface area contributed by atoms with Crippen LogP contribution in [0.5, 0.6) is 0 Å². The van der Waals surface area contributed by atoms with Crippen LogP contribution < -0.4 is 0 Å². The highest BCUT2D eigenvalue weighted by molar-refractivity contribution is 4.79. The summed E-state index contributed by atoms with van der Waals surface area (Å²) in [6.07, 6.45) is 4.60. The van der Waals surface area contributed by atoms with Crippen LogP contribution in [0, 0.1) is 11.8 Å². The van der Waals surface area contributed by atoms with Crippen LogP contribution in [-0.2, 0) is 0 Å². The van der Waals surface area contributed by atoms with Crippen LogP contribution in [0.3, 0.4) is 0 Å². The third-order valence-electron chi connectivity index (χ3n) is 2.38. The number of hydrogen-bond donors (Lipinski definition) is 1. The van der Waals surface area contributed by atoms with Crippen LogP contribution in [0.4, 0.5) is 0 Å². The Morgan fingerprint density at radius 2 is 2.00 bits per heavy atom. The van der Waals surface area contributed by atoms with Crippen LogP contribution in [-0.4, -0.2) is 11.2 Å². The molecule has 0 radical (unpaired) electrons. The van der Waals surface area contributed by atoms with Gasteiger partial charge in [-0.1, -0.05) is 33.3 Å². The Bertz CT molecular complexity index is 118. The van der Waals surface area contributed by atoms with Gasteiger partial charge in [-0.05, 0) is 24.7 Å². The maximum absolute atomic E-state index is 9.74. The first-order chi connectivity index (χ1) is 5.63. The van der Waals surface area contributed by atoms with E-state index in [0.29, 0.717) is 11.8 Å². The minimum atomic E-state index is -0.192. The molecule has 2 atom stereocenters. The molecular formula is C11H22O. The molecule has 0 aromatic carbocycles. The highest BCUT2D eigenvalue weighted by Gasteiger charge is 2.20. The topological polar surface area (TPSA) is 20.2 Å². The van der Waals surface area contributed by atoms with E-state index in [1.165, 1.54) is 0 Å². The van der Waals surface area contributed by atoms with Gasteiger partial charge in [-0.15, -0.1) is 6.58 Å². The first-order valence-corrected chi connectivity index (χ1v) is 4.92. The molecule has 0 saturated carbocycles. The lowest BCUT2D eigenvalue weighted by Gasteiger charge is -2.25. The monoisotopic (exact) mass is 170 g/mol. The van der Waals surface area contributed by atoms with Crippen LogP contribution in [0.25, 0.3) is 0 Å². The van der Waals surface area contributed by atoms with Gasteiger partial charge in [0.2, 0.25) is 0 Å². The molecule has 1 heteroatoms. The smallest absolute Gasteiger partial charge is 0.0605 e. The standard InChI is InChI=1S/C11H22O/c1-5-7-10(9(3)4)11(12)8-6-2/h6,9-12H,2,5,7-8H2,1,3-4H3/t10-,11?/m1/s1. The number of aliphatic hydroxyl groups is 1. The molecule has 0 fully saturated rings. The van der Waals surface area contributed by atoms with Crippen molar-refractivity contribution in [2.45, 2.75) is 46.1 Å². The van der Waals surface area contributed by atoms with Gasteiger partial charge in [0.05, 0.1) is 6.10 Å². The molecule has 0 aromatic heterocycles. The predicted octanol–water partition coefficient (Wildman–Crippen LogP) is 3.00. The van der Waals surface area contributed by atoms with E-state index in [1.54, 1.807) is 6.08 Å². The third kappa shape index (κ3) is 3.91. The first kappa shape index (κ1) is 11.7. The van der Waals surface area contributed by atoms with E-state index in [4.69, 9.17) is 0 Å². The molecule has 1 unspecified atom stereocenters. The second-order valence-electron chi connectivity index (χ2n) is 3.79. The highest BCUT2D eigenvalue weighted by Crippen LogP contribution is 2.22. The van der Waals surface area contributed by atoms with Gasteiger partial charge in [-0.2, -0.15) is 0 Å². The quantitative estimate of drug-likeness (QED) is 0.608. The van der Waals surface area contributed by atoms with E-state index in [-0.39, 0.29) is 6.10 Å². The van der Waals surface area contributed by atoms with Crippen molar-refractivity contribution >= 4 is 0 Å². The zero-order valence-electron chi connectivity index (χ0n) is 8.59. The molecular weight excluding hydrogens is 148 g/mol. The summed E-state index contributed by atoms with van der Waals surface area (Å²) in [4.78, 5) is 0. The number of rotatable bonds is 6. The molecule has 0 bridgehead atoms. The summed E-state index contributed by atoms with van der Waals surface area (Å²) in [5, 5.41) is 9.74. The van der Waals surface area contributed by atoms with Crippen molar-refractivity contribution in [2.24, 2.45) is 11.8 Å². The van der Waals surface area contributed by atoms with Crippen molar-refractivity contribution in [2.75, 3.05) is 0 Å². The van der Waals surface area contributed by atoms with E-state index in [2.05, 4.69) is 27.4 Å². The highest BCUT2D eigenvalue weighted by atomic mass is 16.3. The second-order valence-corrected chi connectivity index (χ2v) is 3.79. The van der Waals surface area contributed by atoms with Gasteiger partial charge in [-0.3, -0.25) is 0 Å². The average molecular weight is 170 g/mol. The normalized spacial score (nSPS) is 16.1. The Hall–Kier alpha value is -0.300. The summed E-state index contributed by atoms with van der Waals surface area (Å²) in [7, 11) is 0. The Labute approximate surface area is 76.5 Å². The van der Waals surface area contributed by atoms with Gasteiger partial charge in [0.15, 0.2) is 0 Å². The minimum absolute atomic E-state index is 0.192. The lowest BCUT2D eigenvalue weighted by atomic mass is 9.85. The first-order valence-electron chi connectivity index (χ1n) is 4.92. The van der Waals surface area contributed by atoms with Crippen molar-refractivity contribution in [1.82, 2.24) is 0 Å². The molecule has 0 spiro atoms. The van der Waals surface area contributed by atoms with Crippen LogP contribution in [0.15, 0.2) is 12.7 Å². The molecule has 0 aromatic rings. The van der Waals surface area contributed by atoms with Gasteiger partial charge in [-0.25, -0.2) is 0 Å². The van der Waals surface area contributed by atoms with Gasteiger partial charge in [0.25, 0.3) is 0 Å². The summed E-state index contributed by atoms with van der Waals surface area (Å²) in [5.41, 5.74) is 0. The summed E-state index contributed by atoms with van der Waals surface area (Å²) < 4.78 is 0. The summed E-state index contributed by atoms with van der Waals surface area (Å²) >= 11 is 0. The van der Waals surface area contributed by atoms with Crippen LogP contribution in [0.1, 0.15) is 40.0 Å². The maximum Gasteiger partial charge on any atom is 0.0605 e. The molecule has 0 saturated heterocycles. The summed E-state index contributed by atoms with van der Waals surface area (Å²) in [6.45, 7) is 10.2. The molecule has 0 aliphatic heterocycles. The van der Waals surface area contributed by atoms with E-state index >= 15 is 0 Å². The fourth-order valence-electron chi connectivity index (χ4n) is 1.65. The van der Waals surface area contributed by atoms with Crippen LogP contribution >= 0.6 is 0 Å². The Balaban J connectivity index is 3.98. The molecule has 0 amide bonds. The molecule has 72 valence electrons. The van der Waals surface area contributed by atoms with Gasteiger partial charge in [0, 0.05) is 0 Å². The Morgan fingerprint density at radius 1 is 1.42 bits per heavy atom. The summed E-state index contributed by atoms with van der Waals surface area (Å²) in [5.74, 6) is 1.01. The molecule has 0 aliphatic carbocycles. The van der Waals surface area contributed by atoms with E-state index in [9.17, 15) is 5.11 Å². The predicted molar refractivity (Wildman–Crippen MR) is 54.1 cm³/mol. The zero-order chi connectivity index (χ0) is 9.56. The van der Waals surface area contributed by atoms with Crippen molar-refractivity contribution < 1.29 is 5.11 Å². The fourth-order valence-corrected chi connectivity index (χ4v) is 1.65. The van der Waals surface area contributed by atoms with E-state index < -0.39 is 0 Å². The average Bonchev–Trinajstić information content (AvgIpc) is 1.99. The van der Waals surface area contributed by atoms with Gasteiger partial charge >= 0.3 is 0 Å². The molecule has 0 heterocycles. The lowest BCUT2D eigenvalue weighted by Crippen LogP contribution is -2.24. The van der Waals surface area contributed by atoms with E-state index in [1.807, 2.05) is 0 Å². The SMILES string of the molecule is C=CCC(O)[C@H](CCC)C(C)C. The number of hydrogen-bond acceptors (Lipinski definition) is 1. The molecule has 0 rings (SSSR count). The summed E-state index contributed by atoms with van der Waals surface area (Å²) in [6, 6.07) is 0. The van der Waals surface area contributed by atoms with Crippen molar-refractivity contribution in [3.63, 3.8) is 0 Å². The third-order valence-corrected chi connectivity index (χ3v) is 2.38. The van der Waals surface area contributed by atoms with Crippen molar-refractivity contribution in [3.05, 3.63) is 12.7 Å². The van der Waals surface area contributed by atoms with Gasteiger partial charge < -0.3 is 5.11 Å². The lowest BCUT2D eigenvalue weighted by molar-refractivity contribution is 0.0780. The fraction of sp³-hybridized carbons (Fsp3) is 0.818. The molecule has 12 heavy (non-hydrogen) atoms. The molecule has 1 N–H and O–H groups in total. The molecule has 0 aliphatic rings. The molecule has 1 nitrogen and oxygen atoms in total. The van der Waals surface area contributed by atoms with E-state index in [0.717, 1.165) is 19.3 Å². The second kappa shape index (κ2) is 6.24. The van der Waals surface area contributed by atoms with Crippen LogP contribution in [0.2, 0.25) is 0 Å². The van der Waals surface area contributed by atoms with Crippen molar-refractivity contribution in [1.29, 1.82) is 0 Å².